The molecule has 3 nitrogen and oxygen atoms in total. The van der Waals surface area contributed by atoms with Gasteiger partial charge in [0, 0.05) is 24.0 Å². The molecule has 2 aromatic heterocycles. The lowest BCUT2D eigenvalue weighted by Crippen LogP contribution is -2.00. The second-order valence-corrected chi connectivity index (χ2v) is 6.17. The summed E-state index contributed by atoms with van der Waals surface area (Å²) in [6, 6.07) is 2.13. The van der Waals surface area contributed by atoms with Crippen molar-refractivity contribution in [1.82, 2.24) is 14.6 Å². The van der Waals surface area contributed by atoms with Crippen molar-refractivity contribution in [2.24, 2.45) is 5.92 Å². The maximum absolute atomic E-state index is 5.83. The average Bonchev–Trinajstić information content (AvgIpc) is 2.80. The van der Waals surface area contributed by atoms with Gasteiger partial charge in [0.2, 0.25) is 0 Å². The van der Waals surface area contributed by atoms with E-state index in [0.29, 0.717) is 17.7 Å². The molecule has 0 N–H and O–H groups in total. The molecule has 5 heteroatoms. The van der Waals surface area contributed by atoms with Crippen LogP contribution in [0, 0.1) is 5.92 Å². The van der Waals surface area contributed by atoms with E-state index in [2.05, 4.69) is 36.9 Å². The molecule has 0 radical (unpaired) electrons. The zero-order chi connectivity index (χ0) is 13.1. The Morgan fingerprint density at radius 2 is 2.17 bits per heavy atom. The van der Waals surface area contributed by atoms with Crippen LogP contribution in [0.1, 0.15) is 32.4 Å². The Morgan fingerprint density at radius 3 is 2.83 bits per heavy atom. The standard InChI is InChI=1S/C13H18ClN3S/c1-9(2)11-6-12-13(18-8-10(3)7-14)15-4-5-17(12)16-11/h4-6,9-10H,7-8H2,1-3H3. The minimum Gasteiger partial charge on any atom is -0.246 e. The van der Waals surface area contributed by atoms with E-state index in [1.54, 1.807) is 18.0 Å². The summed E-state index contributed by atoms with van der Waals surface area (Å²) in [4.78, 5) is 4.44. The number of fused-ring (bicyclic) bond motifs is 1. The largest absolute Gasteiger partial charge is 0.246 e. The number of hydrogen-bond acceptors (Lipinski definition) is 3. The zero-order valence-electron chi connectivity index (χ0n) is 10.9. The van der Waals surface area contributed by atoms with Crippen LogP contribution in [0.15, 0.2) is 23.5 Å². The zero-order valence-corrected chi connectivity index (χ0v) is 12.5. The molecule has 0 saturated heterocycles. The number of rotatable bonds is 5. The SMILES string of the molecule is CC(CCl)CSc1nccn2nc(C(C)C)cc12. The molecule has 98 valence electrons. The van der Waals surface area contributed by atoms with Gasteiger partial charge in [-0.3, -0.25) is 0 Å². The fourth-order valence-corrected chi connectivity index (χ4v) is 2.81. The highest BCUT2D eigenvalue weighted by Crippen LogP contribution is 2.25. The Labute approximate surface area is 117 Å². The van der Waals surface area contributed by atoms with Crippen LogP contribution in [-0.2, 0) is 0 Å². The van der Waals surface area contributed by atoms with Gasteiger partial charge in [0.05, 0.1) is 11.2 Å². The molecule has 2 heterocycles. The van der Waals surface area contributed by atoms with Gasteiger partial charge in [0.15, 0.2) is 0 Å². The molecule has 18 heavy (non-hydrogen) atoms. The summed E-state index contributed by atoms with van der Waals surface area (Å²) in [7, 11) is 0. The van der Waals surface area contributed by atoms with Crippen molar-refractivity contribution < 1.29 is 0 Å². The maximum atomic E-state index is 5.83. The molecule has 0 saturated carbocycles. The van der Waals surface area contributed by atoms with Gasteiger partial charge in [-0.05, 0) is 17.9 Å². The molecule has 1 atom stereocenters. The van der Waals surface area contributed by atoms with Gasteiger partial charge in [-0.15, -0.1) is 23.4 Å². The van der Waals surface area contributed by atoms with E-state index in [1.807, 2.05) is 10.7 Å². The van der Waals surface area contributed by atoms with E-state index in [9.17, 15) is 0 Å². The quantitative estimate of drug-likeness (QED) is 0.617. The van der Waals surface area contributed by atoms with Crippen LogP contribution in [0.25, 0.3) is 5.52 Å². The smallest absolute Gasteiger partial charge is 0.122 e. The van der Waals surface area contributed by atoms with Crippen LogP contribution >= 0.6 is 23.4 Å². The first-order chi connectivity index (χ1) is 8.61. The van der Waals surface area contributed by atoms with Crippen molar-refractivity contribution >= 4 is 28.9 Å². The predicted molar refractivity (Wildman–Crippen MR) is 77.7 cm³/mol. The van der Waals surface area contributed by atoms with Crippen LogP contribution in [0.2, 0.25) is 0 Å². The van der Waals surface area contributed by atoms with Crippen molar-refractivity contribution in [1.29, 1.82) is 0 Å². The third-order valence-corrected chi connectivity index (χ3v) is 4.58. The van der Waals surface area contributed by atoms with Gasteiger partial charge >= 0.3 is 0 Å². The number of hydrogen-bond donors (Lipinski definition) is 0. The van der Waals surface area contributed by atoms with Gasteiger partial charge in [-0.1, -0.05) is 20.8 Å². The lowest BCUT2D eigenvalue weighted by Gasteiger charge is -2.06. The molecule has 2 aromatic rings. The number of alkyl halides is 1. The van der Waals surface area contributed by atoms with E-state index in [-0.39, 0.29) is 0 Å². The fraction of sp³-hybridized carbons (Fsp3) is 0.538. The van der Waals surface area contributed by atoms with Crippen LogP contribution in [-0.4, -0.2) is 26.2 Å². The number of thioether (sulfide) groups is 1. The topological polar surface area (TPSA) is 30.2 Å². The maximum Gasteiger partial charge on any atom is 0.122 e. The van der Waals surface area contributed by atoms with Gasteiger partial charge < -0.3 is 0 Å². The summed E-state index contributed by atoms with van der Waals surface area (Å²) in [5, 5.41) is 5.59. The monoisotopic (exact) mass is 283 g/mol. The molecule has 1 unspecified atom stereocenters. The summed E-state index contributed by atoms with van der Waals surface area (Å²) in [5.74, 6) is 2.60. The number of halogens is 1. The second kappa shape index (κ2) is 5.93. The van der Waals surface area contributed by atoms with Crippen molar-refractivity contribution in [2.45, 2.75) is 31.7 Å². The van der Waals surface area contributed by atoms with Crippen LogP contribution in [0.3, 0.4) is 0 Å². The van der Waals surface area contributed by atoms with Crippen molar-refractivity contribution in [3.05, 3.63) is 24.2 Å². The summed E-state index contributed by atoms with van der Waals surface area (Å²) in [5.41, 5.74) is 2.20. The molecular weight excluding hydrogens is 266 g/mol. The highest BCUT2D eigenvalue weighted by molar-refractivity contribution is 7.99. The van der Waals surface area contributed by atoms with Gasteiger partial charge in [0.25, 0.3) is 0 Å². The van der Waals surface area contributed by atoms with E-state index in [1.165, 1.54) is 0 Å². The highest BCUT2D eigenvalue weighted by Gasteiger charge is 2.11. The average molecular weight is 284 g/mol. The Bertz CT molecular complexity index is 524. The third kappa shape index (κ3) is 2.98. The van der Waals surface area contributed by atoms with E-state index >= 15 is 0 Å². The minimum absolute atomic E-state index is 0.435. The summed E-state index contributed by atoms with van der Waals surface area (Å²) in [6.07, 6.45) is 3.70. The lowest BCUT2D eigenvalue weighted by atomic mass is 10.1. The normalized spacial score (nSPS) is 13.4. The first-order valence-electron chi connectivity index (χ1n) is 6.15. The first-order valence-corrected chi connectivity index (χ1v) is 7.67. The molecular formula is C13H18ClN3S. The summed E-state index contributed by atoms with van der Waals surface area (Å²) >= 11 is 7.58. The third-order valence-electron chi connectivity index (χ3n) is 2.73. The first kappa shape index (κ1) is 13.7. The van der Waals surface area contributed by atoms with E-state index in [0.717, 1.165) is 22.0 Å². The Hall–Kier alpha value is -0.740. The second-order valence-electron chi connectivity index (χ2n) is 4.86. The molecule has 0 amide bonds. The Kier molecular flexibility index (Phi) is 4.51. The van der Waals surface area contributed by atoms with Gasteiger partial charge in [-0.2, -0.15) is 5.10 Å². The number of nitrogens with zero attached hydrogens (tertiary/aromatic N) is 3. The fourth-order valence-electron chi connectivity index (χ4n) is 1.58. The Balaban J connectivity index is 2.27. The van der Waals surface area contributed by atoms with Crippen molar-refractivity contribution in [2.75, 3.05) is 11.6 Å². The lowest BCUT2D eigenvalue weighted by molar-refractivity contribution is 0.757. The highest BCUT2D eigenvalue weighted by atomic mass is 35.5. The van der Waals surface area contributed by atoms with E-state index in [4.69, 9.17) is 11.6 Å². The summed E-state index contributed by atoms with van der Waals surface area (Å²) in [6.45, 7) is 6.45. The molecule has 0 fully saturated rings. The molecule has 0 bridgehead atoms. The van der Waals surface area contributed by atoms with Gasteiger partial charge in [0.1, 0.15) is 5.03 Å². The molecule has 0 spiro atoms. The van der Waals surface area contributed by atoms with Crippen molar-refractivity contribution in [3.8, 4) is 0 Å². The predicted octanol–water partition coefficient (Wildman–Crippen LogP) is 3.82. The van der Waals surface area contributed by atoms with Gasteiger partial charge in [-0.25, -0.2) is 9.50 Å². The molecule has 0 aliphatic rings. The molecule has 0 aromatic carbocycles. The molecule has 2 rings (SSSR count). The van der Waals surface area contributed by atoms with Crippen LogP contribution < -0.4 is 0 Å². The van der Waals surface area contributed by atoms with Crippen molar-refractivity contribution in [3.63, 3.8) is 0 Å². The van der Waals surface area contributed by atoms with Crippen LogP contribution in [0.5, 0.6) is 0 Å². The Morgan fingerprint density at radius 1 is 1.39 bits per heavy atom. The minimum atomic E-state index is 0.435. The van der Waals surface area contributed by atoms with E-state index < -0.39 is 0 Å². The molecule has 0 aliphatic heterocycles. The van der Waals surface area contributed by atoms with Crippen LogP contribution in [0.4, 0.5) is 0 Å². The number of aromatic nitrogens is 3. The molecule has 0 aliphatic carbocycles. The summed E-state index contributed by atoms with van der Waals surface area (Å²) < 4.78 is 1.91.